The molecular weight excluding hydrogens is 194 g/mol. The summed E-state index contributed by atoms with van der Waals surface area (Å²) in [5.41, 5.74) is 0. The van der Waals surface area contributed by atoms with Gasteiger partial charge >= 0.3 is 0 Å². The van der Waals surface area contributed by atoms with Crippen LogP contribution in [0.25, 0.3) is 0 Å². The van der Waals surface area contributed by atoms with E-state index in [1.807, 2.05) is 0 Å². The molecule has 0 spiro atoms. The predicted molar refractivity (Wildman–Crippen MR) is 57.0 cm³/mol. The number of nitrogens with zero attached hydrogens (tertiary/aromatic N) is 3. The molecule has 1 saturated heterocycles. The number of hydrogen-bond acceptors (Lipinski definition) is 5. The molecule has 1 fully saturated rings. The third kappa shape index (κ3) is 2.66. The zero-order valence-electron chi connectivity index (χ0n) is 8.99. The van der Waals surface area contributed by atoms with Crippen LogP contribution in [-0.4, -0.2) is 55.1 Å². The van der Waals surface area contributed by atoms with E-state index in [9.17, 15) is 0 Å². The standard InChI is InChI=1S/C9H17N5O/c1-15-7-2-8-11-9(13-12-8)14-5-3-10-4-6-14/h10H,2-7H2,1H3,(H,11,12,13). The highest BCUT2D eigenvalue weighted by molar-refractivity contribution is 5.29. The molecule has 0 bridgehead atoms. The van der Waals surface area contributed by atoms with Crippen LogP contribution in [0.5, 0.6) is 0 Å². The van der Waals surface area contributed by atoms with Crippen molar-refractivity contribution in [2.45, 2.75) is 6.42 Å². The molecule has 84 valence electrons. The summed E-state index contributed by atoms with van der Waals surface area (Å²) in [6.07, 6.45) is 0.787. The lowest BCUT2D eigenvalue weighted by molar-refractivity contribution is 0.200. The summed E-state index contributed by atoms with van der Waals surface area (Å²) in [6.45, 7) is 4.63. The van der Waals surface area contributed by atoms with E-state index in [0.29, 0.717) is 6.61 Å². The van der Waals surface area contributed by atoms with Crippen molar-refractivity contribution in [1.29, 1.82) is 0 Å². The van der Waals surface area contributed by atoms with Crippen molar-refractivity contribution in [3.8, 4) is 0 Å². The predicted octanol–water partition coefficient (Wildman–Crippen LogP) is -0.597. The Morgan fingerprint density at radius 1 is 1.40 bits per heavy atom. The smallest absolute Gasteiger partial charge is 0.244 e. The van der Waals surface area contributed by atoms with E-state index in [1.54, 1.807) is 7.11 Å². The molecule has 0 unspecified atom stereocenters. The number of methoxy groups -OCH3 is 1. The van der Waals surface area contributed by atoms with Gasteiger partial charge in [-0.2, -0.15) is 4.98 Å². The van der Waals surface area contributed by atoms with Crippen molar-refractivity contribution >= 4 is 5.95 Å². The van der Waals surface area contributed by atoms with Crippen LogP contribution in [0.1, 0.15) is 5.82 Å². The van der Waals surface area contributed by atoms with E-state index in [1.165, 1.54) is 0 Å². The lowest BCUT2D eigenvalue weighted by Gasteiger charge is -2.25. The first kappa shape index (κ1) is 10.4. The third-order valence-corrected chi connectivity index (χ3v) is 2.46. The molecule has 2 rings (SSSR count). The fourth-order valence-corrected chi connectivity index (χ4v) is 1.60. The zero-order chi connectivity index (χ0) is 10.5. The van der Waals surface area contributed by atoms with Crippen molar-refractivity contribution < 1.29 is 4.74 Å². The molecule has 6 heteroatoms. The van der Waals surface area contributed by atoms with Gasteiger partial charge in [0, 0.05) is 39.7 Å². The lowest BCUT2D eigenvalue weighted by Crippen LogP contribution is -2.44. The average molecular weight is 211 g/mol. The maximum Gasteiger partial charge on any atom is 0.244 e. The van der Waals surface area contributed by atoms with Crippen LogP contribution in [-0.2, 0) is 11.2 Å². The molecule has 1 aliphatic rings. The van der Waals surface area contributed by atoms with Crippen LogP contribution in [0.3, 0.4) is 0 Å². The topological polar surface area (TPSA) is 66.1 Å². The van der Waals surface area contributed by atoms with Gasteiger partial charge in [-0.05, 0) is 0 Å². The molecule has 0 radical (unpaired) electrons. The second-order valence-electron chi connectivity index (χ2n) is 3.56. The summed E-state index contributed by atoms with van der Waals surface area (Å²) < 4.78 is 4.99. The minimum Gasteiger partial charge on any atom is -0.384 e. The van der Waals surface area contributed by atoms with Crippen molar-refractivity contribution in [2.75, 3.05) is 44.8 Å². The number of rotatable bonds is 4. The molecule has 2 heterocycles. The monoisotopic (exact) mass is 211 g/mol. The van der Waals surface area contributed by atoms with E-state index in [2.05, 4.69) is 25.4 Å². The molecule has 0 aliphatic carbocycles. The molecule has 0 saturated carbocycles. The zero-order valence-corrected chi connectivity index (χ0v) is 8.99. The first-order valence-corrected chi connectivity index (χ1v) is 5.26. The molecule has 1 aromatic heterocycles. The quantitative estimate of drug-likeness (QED) is 0.696. The van der Waals surface area contributed by atoms with Crippen molar-refractivity contribution in [2.24, 2.45) is 0 Å². The third-order valence-electron chi connectivity index (χ3n) is 2.46. The second-order valence-corrected chi connectivity index (χ2v) is 3.56. The van der Waals surface area contributed by atoms with Crippen molar-refractivity contribution in [3.05, 3.63) is 5.82 Å². The van der Waals surface area contributed by atoms with Crippen LogP contribution in [0.4, 0.5) is 5.95 Å². The summed E-state index contributed by atoms with van der Waals surface area (Å²) in [4.78, 5) is 6.61. The summed E-state index contributed by atoms with van der Waals surface area (Å²) >= 11 is 0. The Morgan fingerprint density at radius 2 is 2.20 bits per heavy atom. The summed E-state index contributed by atoms with van der Waals surface area (Å²) in [6, 6.07) is 0. The number of H-pyrrole nitrogens is 1. The van der Waals surface area contributed by atoms with E-state index in [-0.39, 0.29) is 0 Å². The maximum absolute atomic E-state index is 4.99. The first-order valence-electron chi connectivity index (χ1n) is 5.26. The molecule has 1 aromatic rings. The molecule has 1 aliphatic heterocycles. The minimum absolute atomic E-state index is 0.677. The molecule has 0 aromatic carbocycles. The van der Waals surface area contributed by atoms with Gasteiger partial charge in [-0.1, -0.05) is 0 Å². The number of hydrogen-bond donors (Lipinski definition) is 2. The normalized spacial score (nSPS) is 17.0. The van der Waals surface area contributed by atoms with Crippen LogP contribution < -0.4 is 10.2 Å². The Labute approximate surface area is 89.0 Å². The highest BCUT2D eigenvalue weighted by Crippen LogP contribution is 2.07. The van der Waals surface area contributed by atoms with Crippen molar-refractivity contribution in [1.82, 2.24) is 20.5 Å². The van der Waals surface area contributed by atoms with Gasteiger partial charge < -0.3 is 15.0 Å². The number of anilines is 1. The Hall–Kier alpha value is -1.14. The Kier molecular flexibility index (Phi) is 3.52. The second kappa shape index (κ2) is 5.09. The minimum atomic E-state index is 0.677. The largest absolute Gasteiger partial charge is 0.384 e. The Morgan fingerprint density at radius 3 is 2.93 bits per heavy atom. The van der Waals surface area contributed by atoms with Crippen molar-refractivity contribution in [3.63, 3.8) is 0 Å². The SMILES string of the molecule is COCCc1nc(N2CCNCC2)n[nH]1. The molecule has 15 heavy (non-hydrogen) atoms. The molecule has 2 N–H and O–H groups in total. The summed E-state index contributed by atoms with van der Waals surface area (Å²) in [5, 5.41) is 10.4. The van der Waals surface area contributed by atoms with Gasteiger partial charge in [0.15, 0.2) is 0 Å². The van der Waals surface area contributed by atoms with Gasteiger partial charge in [0.05, 0.1) is 6.61 Å². The maximum atomic E-state index is 4.99. The van der Waals surface area contributed by atoms with E-state index in [0.717, 1.165) is 44.4 Å². The molecule has 6 nitrogen and oxygen atoms in total. The Balaban J connectivity index is 1.93. The van der Waals surface area contributed by atoms with Gasteiger partial charge in [-0.3, -0.25) is 5.10 Å². The molecular formula is C9H17N5O. The molecule has 0 amide bonds. The number of aromatic nitrogens is 3. The van der Waals surface area contributed by atoms with E-state index < -0.39 is 0 Å². The van der Waals surface area contributed by atoms with Gasteiger partial charge in [0.1, 0.15) is 5.82 Å². The lowest BCUT2D eigenvalue weighted by atomic mass is 10.4. The number of piperazine rings is 1. The summed E-state index contributed by atoms with van der Waals surface area (Å²) in [5.74, 6) is 1.70. The average Bonchev–Trinajstić information content (AvgIpc) is 2.76. The number of aromatic amines is 1. The number of nitrogens with one attached hydrogen (secondary N) is 2. The Bertz CT molecular complexity index is 294. The van der Waals surface area contributed by atoms with Crippen LogP contribution in [0, 0.1) is 0 Å². The summed E-state index contributed by atoms with van der Waals surface area (Å²) in [7, 11) is 1.69. The molecule has 0 atom stereocenters. The van der Waals surface area contributed by atoms with Crippen LogP contribution >= 0.6 is 0 Å². The fourth-order valence-electron chi connectivity index (χ4n) is 1.60. The van der Waals surface area contributed by atoms with Crippen LogP contribution in [0.15, 0.2) is 0 Å². The van der Waals surface area contributed by atoms with Gasteiger partial charge in [-0.15, -0.1) is 5.10 Å². The van der Waals surface area contributed by atoms with Gasteiger partial charge in [0.25, 0.3) is 0 Å². The van der Waals surface area contributed by atoms with E-state index >= 15 is 0 Å². The first-order chi connectivity index (χ1) is 7.40. The van der Waals surface area contributed by atoms with Gasteiger partial charge in [0.2, 0.25) is 5.95 Å². The van der Waals surface area contributed by atoms with Crippen LogP contribution in [0.2, 0.25) is 0 Å². The highest BCUT2D eigenvalue weighted by atomic mass is 16.5. The van der Waals surface area contributed by atoms with Gasteiger partial charge in [-0.25, -0.2) is 0 Å². The van der Waals surface area contributed by atoms with E-state index in [4.69, 9.17) is 4.74 Å². The number of ether oxygens (including phenoxy) is 1. The fraction of sp³-hybridized carbons (Fsp3) is 0.778. The highest BCUT2D eigenvalue weighted by Gasteiger charge is 2.14.